The molecule has 5 fully saturated rings. The Hall–Kier alpha value is -5.02. The zero-order valence-corrected chi connectivity index (χ0v) is 36.7. The van der Waals surface area contributed by atoms with E-state index in [2.05, 4.69) is 16.8 Å². The number of aliphatic carboxylic acids is 1. The second-order valence-corrected chi connectivity index (χ2v) is 19.5. The van der Waals surface area contributed by atoms with Crippen molar-refractivity contribution in [2.75, 3.05) is 51.3 Å². The monoisotopic (exact) mass is 854 g/mol. The SMILES string of the molecule is C=C[C@@H]1CC1(CC(=O)[C@@H]1CC(Oc2cc(-n3ccc(NC(C)C)n3)nc3cc(OCCN4CCOCC4)ccc23)CN1C(=O)[C@@H](CC(=O)OC1CC2C[C@H]2C1)C(C)(C)C)C(=O)O. The van der Waals surface area contributed by atoms with E-state index in [1.165, 1.54) is 11.3 Å². The average molecular weight is 855 g/mol. The molecule has 0 spiro atoms. The molecule has 3 aromatic rings. The van der Waals surface area contributed by atoms with Crippen LogP contribution in [0.25, 0.3) is 16.7 Å². The summed E-state index contributed by atoms with van der Waals surface area (Å²) in [5.41, 5.74) is -1.31. The molecule has 4 heterocycles. The number of nitrogens with one attached hydrogen (secondary N) is 1. The van der Waals surface area contributed by atoms with Crippen LogP contribution in [-0.2, 0) is 28.7 Å². The normalized spacial score (nSPS) is 27.4. The van der Waals surface area contributed by atoms with Crippen LogP contribution in [0.1, 0.15) is 79.6 Å². The third kappa shape index (κ3) is 9.63. The van der Waals surface area contributed by atoms with Gasteiger partial charge >= 0.3 is 11.9 Å². The zero-order valence-electron chi connectivity index (χ0n) is 36.7. The molecular weight excluding hydrogens is 793 g/mol. The van der Waals surface area contributed by atoms with Crippen LogP contribution in [0.4, 0.5) is 5.82 Å². The number of anilines is 1. The van der Waals surface area contributed by atoms with Crippen molar-refractivity contribution in [1.29, 1.82) is 0 Å². The molecule has 15 nitrogen and oxygen atoms in total. The lowest BCUT2D eigenvalue weighted by Gasteiger charge is -2.35. The highest BCUT2D eigenvalue weighted by Gasteiger charge is 2.61. The molecule has 3 aliphatic carbocycles. The van der Waals surface area contributed by atoms with Crippen LogP contribution < -0.4 is 14.8 Å². The maximum Gasteiger partial charge on any atom is 0.310 e. The van der Waals surface area contributed by atoms with Crippen LogP contribution in [0.5, 0.6) is 11.5 Å². The van der Waals surface area contributed by atoms with Crippen molar-refractivity contribution in [2.24, 2.45) is 34.5 Å². The van der Waals surface area contributed by atoms with Crippen LogP contribution in [-0.4, -0.2) is 124 Å². The number of carbonyl (C=O) groups excluding carboxylic acids is 3. The third-order valence-electron chi connectivity index (χ3n) is 13.5. The van der Waals surface area contributed by atoms with E-state index < -0.39 is 40.8 Å². The van der Waals surface area contributed by atoms with E-state index in [9.17, 15) is 24.3 Å². The van der Waals surface area contributed by atoms with Gasteiger partial charge in [0.15, 0.2) is 11.6 Å². The largest absolute Gasteiger partial charge is 0.492 e. The fourth-order valence-corrected chi connectivity index (χ4v) is 9.74. The Kier molecular flexibility index (Phi) is 12.4. The first-order valence-corrected chi connectivity index (χ1v) is 22.4. The molecule has 0 radical (unpaired) electrons. The number of likely N-dealkylation sites (tertiary alicyclic amines) is 1. The number of aromatic nitrogens is 3. The van der Waals surface area contributed by atoms with Crippen LogP contribution in [0.2, 0.25) is 0 Å². The van der Waals surface area contributed by atoms with Crippen molar-refractivity contribution in [3.8, 4) is 17.3 Å². The highest BCUT2D eigenvalue weighted by atomic mass is 16.5. The van der Waals surface area contributed by atoms with Gasteiger partial charge in [-0.05, 0) is 74.8 Å². The number of benzene rings is 1. The number of esters is 1. The maximum atomic E-state index is 14.9. The van der Waals surface area contributed by atoms with E-state index in [1.807, 2.05) is 65.1 Å². The molecule has 15 heteroatoms. The van der Waals surface area contributed by atoms with Gasteiger partial charge in [-0.25, -0.2) is 9.67 Å². The third-order valence-corrected chi connectivity index (χ3v) is 13.5. The number of Topliss-reactive ketones (excluding diaryl/α,β-unsaturated/α-hetero) is 1. The van der Waals surface area contributed by atoms with Crippen molar-refractivity contribution in [2.45, 2.75) is 104 Å². The van der Waals surface area contributed by atoms with Gasteiger partial charge in [0.1, 0.15) is 36.1 Å². The Bertz CT molecular complexity index is 2170. The van der Waals surface area contributed by atoms with Gasteiger partial charge in [-0.1, -0.05) is 26.8 Å². The number of rotatable bonds is 18. The summed E-state index contributed by atoms with van der Waals surface area (Å²) in [6.07, 6.45) is 5.65. The Morgan fingerprint density at radius 3 is 2.48 bits per heavy atom. The van der Waals surface area contributed by atoms with Gasteiger partial charge in [-0.2, -0.15) is 0 Å². The summed E-state index contributed by atoms with van der Waals surface area (Å²) >= 11 is 0. The van der Waals surface area contributed by atoms with Gasteiger partial charge in [-0.3, -0.25) is 24.1 Å². The number of ether oxygens (including phenoxy) is 4. The van der Waals surface area contributed by atoms with Gasteiger partial charge in [0, 0.05) is 68.3 Å². The summed E-state index contributed by atoms with van der Waals surface area (Å²) in [4.78, 5) is 64.1. The number of amides is 1. The quantitative estimate of drug-likeness (QED) is 0.114. The first-order valence-electron chi connectivity index (χ1n) is 22.4. The predicted molar refractivity (Wildman–Crippen MR) is 231 cm³/mol. The molecule has 1 amide bonds. The maximum absolute atomic E-state index is 14.9. The van der Waals surface area contributed by atoms with Crippen LogP contribution in [0.15, 0.2) is 49.2 Å². The van der Waals surface area contributed by atoms with Gasteiger partial charge in [0.05, 0.1) is 49.1 Å². The Morgan fingerprint density at radius 1 is 1.05 bits per heavy atom. The van der Waals surface area contributed by atoms with E-state index in [1.54, 1.807) is 16.8 Å². The summed E-state index contributed by atoms with van der Waals surface area (Å²) in [5.74, 6) is 0.269. The van der Waals surface area contributed by atoms with E-state index in [0.29, 0.717) is 72.1 Å². The number of carboxylic acids is 1. The molecule has 334 valence electrons. The van der Waals surface area contributed by atoms with Crippen molar-refractivity contribution in [1.82, 2.24) is 24.6 Å². The first kappa shape index (κ1) is 43.6. The molecule has 4 unspecified atom stereocenters. The predicted octanol–water partition coefficient (Wildman–Crippen LogP) is 5.93. The molecule has 8 atom stereocenters. The van der Waals surface area contributed by atoms with Crippen molar-refractivity contribution < 1.29 is 43.2 Å². The van der Waals surface area contributed by atoms with Gasteiger partial charge in [-0.15, -0.1) is 11.7 Å². The van der Waals surface area contributed by atoms with Crippen LogP contribution >= 0.6 is 0 Å². The molecular formula is C47H62N6O9. The van der Waals surface area contributed by atoms with Crippen molar-refractivity contribution >= 4 is 40.3 Å². The van der Waals surface area contributed by atoms with E-state index >= 15 is 0 Å². The summed E-state index contributed by atoms with van der Waals surface area (Å²) < 4.78 is 26.1. The topological polar surface area (TPSA) is 175 Å². The van der Waals surface area contributed by atoms with Gasteiger partial charge < -0.3 is 34.3 Å². The second kappa shape index (κ2) is 17.6. The molecule has 1 aromatic carbocycles. The molecule has 8 rings (SSSR count). The molecule has 5 aliphatic rings. The van der Waals surface area contributed by atoms with Crippen molar-refractivity contribution in [3.05, 3.63) is 49.2 Å². The number of allylic oxidation sites excluding steroid dienone is 1. The Morgan fingerprint density at radius 2 is 1.81 bits per heavy atom. The van der Waals surface area contributed by atoms with E-state index in [-0.39, 0.29) is 55.6 Å². The number of fused-ring (bicyclic) bond motifs is 2. The Balaban J connectivity index is 1.07. The number of nitrogens with zero attached hydrogens (tertiary/aromatic N) is 5. The number of ketones is 1. The number of carboxylic acid groups (broad SMARTS) is 1. The number of hydrogen-bond acceptors (Lipinski definition) is 12. The minimum atomic E-state index is -1.26. The molecule has 2 aromatic heterocycles. The lowest BCUT2D eigenvalue weighted by atomic mass is 9.77. The Labute approximate surface area is 363 Å². The molecule has 2 saturated heterocycles. The second-order valence-electron chi connectivity index (χ2n) is 19.5. The highest BCUT2D eigenvalue weighted by Crippen LogP contribution is 2.57. The van der Waals surface area contributed by atoms with Crippen molar-refractivity contribution in [3.63, 3.8) is 0 Å². The van der Waals surface area contributed by atoms with Crippen LogP contribution in [0.3, 0.4) is 0 Å². The smallest absolute Gasteiger partial charge is 0.310 e. The lowest BCUT2D eigenvalue weighted by molar-refractivity contribution is -0.157. The zero-order chi connectivity index (χ0) is 43.9. The highest BCUT2D eigenvalue weighted by molar-refractivity contribution is 5.95. The fraction of sp³-hybridized carbons (Fsp3) is 0.617. The molecule has 2 aliphatic heterocycles. The van der Waals surface area contributed by atoms with E-state index in [4.69, 9.17) is 29.0 Å². The van der Waals surface area contributed by atoms with Gasteiger partial charge in [0.2, 0.25) is 5.91 Å². The van der Waals surface area contributed by atoms with E-state index in [0.717, 1.165) is 32.5 Å². The summed E-state index contributed by atoms with van der Waals surface area (Å²) in [6.45, 7) is 18.1. The van der Waals surface area contributed by atoms with Gasteiger partial charge in [0.25, 0.3) is 0 Å². The fourth-order valence-electron chi connectivity index (χ4n) is 9.74. The first-order chi connectivity index (χ1) is 29.6. The number of hydrogen-bond donors (Lipinski definition) is 2. The summed E-state index contributed by atoms with van der Waals surface area (Å²) in [6, 6.07) is 8.51. The summed E-state index contributed by atoms with van der Waals surface area (Å²) in [7, 11) is 0. The minimum absolute atomic E-state index is 0.0555. The minimum Gasteiger partial charge on any atom is -0.492 e. The lowest BCUT2D eigenvalue weighted by Crippen LogP contribution is -2.48. The molecule has 3 saturated carbocycles. The molecule has 0 bridgehead atoms. The summed E-state index contributed by atoms with van der Waals surface area (Å²) in [5, 5.41) is 19.0. The molecule has 2 N–H and O–H groups in total. The number of carbonyl (C=O) groups is 4. The molecule has 62 heavy (non-hydrogen) atoms. The average Bonchev–Trinajstić information content (AvgIpc) is 3.89. The van der Waals surface area contributed by atoms with Crippen LogP contribution in [0, 0.1) is 34.5 Å². The number of pyridine rings is 1. The number of morpholine rings is 1. The standard InChI is InChI=1S/C47H62N6O9/c1-7-31-25-47(31,45(57)58)26-39(54)38-22-34(27-52(38)44(56)36(46(4,5)6)23-43(55)62-33-19-29-18-30(29)20-33)61-40-24-42(53-11-10-41(50-53)48-28(2)3)49-37-21-32(8-9-35(37)40)60-17-14-51-12-15-59-16-13-51/h7-11,21,24,28-31,33-34,36,38H,1,12-20,22-23,25-27H2,2-6H3,(H,48,50)(H,57,58)/t29-,30?,31+,33?,34?,36+,38-,47?/m0/s1.